The number of urea groups is 1. The van der Waals surface area contributed by atoms with E-state index in [0.717, 1.165) is 22.4 Å². The van der Waals surface area contributed by atoms with Crippen LogP contribution in [0.2, 0.25) is 0 Å². The second kappa shape index (κ2) is 7.24. The minimum atomic E-state index is -0.429. The van der Waals surface area contributed by atoms with Gasteiger partial charge in [0.25, 0.3) is 0 Å². The number of hydrogen-bond donors (Lipinski definition) is 1. The molecule has 1 aromatic heterocycles. The third kappa shape index (κ3) is 3.55. The van der Waals surface area contributed by atoms with Crippen molar-refractivity contribution >= 4 is 11.7 Å². The van der Waals surface area contributed by atoms with E-state index in [2.05, 4.69) is 10.2 Å². The molecular weight excluding hydrogens is 371 g/mol. The molecule has 1 fully saturated rings. The Bertz CT molecular complexity index is 1020. The van der Waals surface area contributed by atoms with Gasteiger partial charge < -0.3 is 9.64 Å². The fourth-order valence-electron chi connectivity index (χ4n) is 3.66. The van der Waals surface area contributed by atoms with Crippen molar-refractivity contribution in [3.8, 4) is 16.9 Å². The van der Waals surface area contributed by atoms with Crippen molar-refractivity contribution in [1.82, 2.24) is 15.1 Å². The quantitative estimate of drug-likeness (QED) is 0.696. The van der Waals surface area contributed by atoms with Crippen LogP contribution >= 0.6 is 0 Å². The molecule has 0 aliphatic carbocycles. The summed E-state index contributed by atoms with van der Waals surface area (Å²) >= 11 is 0. The van der Waals surface area contributed by atoms with Gasteiger partial charge in [-0.25, -0.2) is 9.18 Å². The highest BCUT2D eigenvalue weighted by molar-refractivity contribution is 5.95. The van der Waals surface area contributed by atoms with Gasteiger partial charge in [-0.2, -0.15) is 5.10 Å². The van der Waals surface area contributed by atoms with Crippen LogP contribution in [0.1, 0.15) is 19.4 Å². The zero-order chi connectivity index (χ0) is 20.6. The molecule has 3 aromatic rings. The van der Waals surface area contributed by atoms with Gasteiger partial charge in [0.15, 0.2) is 11.6 Å². The normalized spacial score (nSPS) is 15.8. The van der Waals surface area contributed by atoms with E-state index in [1.54, 1.807) is 28.1 Å². The molecule has 0 unspecified atom stereocenters. The topological polar surface area (TPSA) is 61.5 Å². The summed E-state index contributed by atoms with van der Waals surface area (Å²) in [6.07, 6.45) is 3.59. The molecule has 2 amide bonds. The van der Waals surface area contributed by atoms with Crippen LogP contribution in [0, 0.1) is 5.82 Å². The molecule has 29 heavy (non-hydrogen) atoms. The second-order valence-corrected chi connectivity index (χ2v) is 7.77. The summed E-state index contributed by atoms with van der Waals surface area (Å²) in [6, 6.07) is 12.5. The summed E-state index contributed by atoms with van der Waals surface area (Å²) in [5.41, 5.74) is 3.18. The first-order valence-electron chi connectivity index (χ1n) is 9.40. The number of halogens is 1. The number of amides is 2. The predicted molar refractivity (Wildman–Crippen MR) is 109 cm³/mol. The Morgan fingerprint density at radius 1 is 1.17 bits per heavy atom. The first-order valence-corrected chi connectivity index (χ1v) is 9.40. The molecule has 150 valence electrons. The third-order valence-electron chi connectivity index (χ3n) is 5.30. The van der Waals surface area contributed by atoms with Crippen molar-refractivity contribution in [1.29, 1.82) is 0 Å². The maximum Gasteiger partial charge on any atom is 0.325 e. The van der Waals surface area contributed by atoms with Gasteiger partial charge in [0.05, 0.1) is 25.4 Å². The monoisotopic (exact) mass is 394 g/mol. The van der Waals surface area contributed by atoms with Gasteiger partial charge in [0.1, 0.15) is 0 Å². The summed E-state index contributed by atoms with van der Waals surface area (Å²) in [6.45, 7) is 4.92. The maximum atomic E-state index is 14.1. The Morgan fingerprint density at radius 2 is 1.93 bits per heavy atom. The van der Waals surface area contributed by atoms with E-state index in [9.17, 15) is 9.18 Å². The van der Waals surface area contributed by atoms with Crippen LogP contribution in [-0.2, 0) is 6.54 Å². The lowest BCUT2D eigenvalue weighted by Crippen LogP contribution is -2.41. The molecule has 0 saturated carbocycles. The highest BCUT2D eigenvalue weighted by atomic mass is 19.1. The predicted octanol–water partition coefficient (Wildman–Crippen LogP) is 4.45. The van der Waals surface area contributed by atoms with Crippen LogP contribution in [0.25, 0.3) is 11.1 Å². The van der Waals surface area contributed by atoms with Crippen molar-refractivity contribution in [3.05, 3.63) is 66.2 Å². The maximum absolute atomic E-state index is 14.1. The van der Waals surface area contributed by atoms with Crippen LogP contribution in [0.4, 0.5) is 14.9 Å². The highest BCUT2D eigenvalue weighted by Gasteiger charge is 2.43. The molecular formula is C22H23FN4O2. The van der Waals surface area contributed by atoms with E-state index in [1.807, 2.05) is 44.3 Å². The SMILES string of the molecule is COc1ccc(CN2C(=O)N(c3ccc(-c4cn[nH]c4)cc3)CC2(C)C)cc1F. The Balaban J connectivity index is 1.55. The Hall–Kier alpha value is -3.35. The Labute approximate surface area is 168 Å². The number of anilines is 1. The lowest BCUT2D eigenvalue weighted by Gasteiger charge is -2.29. The summed E-state index contributed by atoms with van der Waals surface area (Å²) < 4.78 is 19.0. The minimum Gasteiger partial charge on any atom is -0.494 e. The average Bonchev–Trinajstić information content (AvgIpc) is 3.31. The van der Waals surface area contributed by atoms with E-state index in [4.69, 9.17) is 4.74 Å². The molecule has 0 radical (unpaired) electrons. The van der Waals surface area contributed by atoms with Crippen LogP contribution < -0.4 is 9.64 Å². The number of methoxy groups -OCH3 is 1. The molecule has 6 nitrogen and oxygen atoms in total. The van der Waals surface area contributed by atoms with Gasteiger partial charge in [0.2, 0.25) is 0 Å². The molecule has 1 saturated heterocycles. The number of aromatic nitrogens is 2. The number of hydrogen-bond acceptors (Lipinski definition) is 3. The summed E-state index contributed by atoms with van der Waals surface area (Å²) in [4.78, 5) is 16.7. The number of carbonyl (C=O) groups is 1. The standard InChI is InChI=1S/C22H23FN4O2/c1-22(2)14-26(18-7-5-16(6-8-18)17-11-24-25-12-17)21(28)27(22)13-15-4-9-20(29-3)19(23)10-15/h4-12H,13-14H2,1-3H3,(H,24,25). The molecule has 4 rings (SSSR count). The fraction of sp³-hybridized carbons (Fsp3) is 0.273. The first-order chi connectivity index (χ1) is 13.9. The molecule has 0 spiro atoms. The van der Waals surface area contributed by atoms with Gasteiger partial charge in [-0.3, -0.25) is 10.00 Å². The number of nitrogens with zero attached hydrogens (tertiary/aromatic N) is 3. The lowest BCUT2D eigenvalue weighted by molar-refractivity contribution is 0.172. The van der Waals surface area contributed by atoms with Crippen molar-refractivity contribution < 1.29 is 13.9 Å². The second-order valence-electron chi connectivity index (χ2n) is 7.77. The molecule has 7 heteroatoms. The zero-order valence-corrected chi connectivity index (χ0v) is 16.6. The van der Waals surface area contributed by atoms with E-state index >= 15 is 0 Å². The van der Waals surface area contributed by atoms with Gasteiger partial charge in [0, 0.05) is 24.0 Å². The summed E-state index contributed by atoms with van der Waals surface area (Å²) in [5.74, 6) is -0.235. The fourth-order valence-corrected chi connectivity index (χ4v) is 3.66. The van der Waals surface area contributed by atoms with Gasteiger partial charge in [-0.1, -0.05) is 18.2 Å². The van der Waals surface area contributed by atoms with Crippen molar-refractivity contribution in [2.24, 2.45) is 0 Å². The molecule has 2 heterocycles. The molecule has 0 atom stereocenters. The van der Waals surface area contributed by atoms with Gasteiger partial charge in [-0.15, -0.1) is 0 Å². The highest BCUT2D eigenvalue weighted by Crippen LogP contribution is 2.33. The first kappa shape index (κ1) is 19.0. The van der Waals surface area contributed by atoms with Crippen molar-refractivity contribution in [2.75, 3.05) is 18.6 Å². The van der Waals surface area contributed by atoms with E-state index < -0.39 is 11.4 Å². The number of nitrogens with one attached hydrogen (secondary N) is 1. The number of aromatic amines is 1. The van der Waals surface area contributed by atoms with E-state index in [-0.39, 0.29) is 11.8 Å². The molecule has 0 bridgehead atoms. The summed E-state index contributed by atoms with van der Waals surface area (Å²) in [5, 5.41) is 6.77. The van der Waals surface area contributed by atoms with Crippen LogP contribution in [0.3, 0.4) is 0 Å². The number of carbonyl (C=O) groups excluding carboxylic acids is 1. The van der Waals surface area contributed by atoms with Gasteiger partial charge in [-0.05, 0) is 49.2 Å². The van der Waals surface area contributed by atoms with E-state index in [0.29, 0.717) is 13.1 Å². The van der Waals surface area contributed by atoms with Crippen LogP contribution in [-0.4, -0.2) is 40.3 Å². The van der Waals surface area contributed by atoms with Gasteiger partial charge >= 0.3 is 6.03 Å². The lowest BCUT2D eigenvalue weighted by atomic mass is 10.0. The van der Waals surface area contributed by atoms with Crippen LogP contribution in [0.5, 0.6) is 5.75 Å². The van der Waals surface area contributed by atoms with Crippen molar-refractivity contribution in [2.45, 2.75) is 25.9 Å². The van der Waals surface area contributed by atoms with E-state index in [1.165, 1.54) is 13.2 Å². The molecule has 1 aliphatic rings. The number of rotatable bonds is 5. The molecule has 1 N–H and O–H groups in total. The molecule has 1 aliphatic heterocycles. The summed E-state index contributed by atoms with van der Waals surface area (Å²) in [7, 11) is 1.43. The Morgan fingerprint density at radius 3 is 2.55 bits per heavy atom. The van der Waals surface area contributed by atoms with Crippen LogP contribution in [0.15, 0.2) is 54.9 Å². The number of H-pyrrole nitrogens is 1. The average molecular weight is 394 g/mol. The third-order valence-corrected chi connectivity index (χ3v) is 5.30. The smallest absolute Gasteiger partial charge is 0.325 e. The minimum absolute atomic E-state index is 0.0951. The zero-order valence-electron chi connectivity index (χ0n) is 16.6. The van der Waals surface area contributed by atoms with Crippen molar-refractivity contribution in [3.63, 3.8) is 0 Å². The molecule has 2 aromatic carbocycles. The number of ether oxygens (including phenoxy) is 1. The largest absolute Gasteiger partial charge is 0.494 e. The Kier molecular flexibility index (Phi) is 4.74. The number of benzene rings is 2.